The van der Waals surface area contributed by atoms with Crippen LogP contribution < -0.4 is 4.90 Å². The molecule has 1 fully saturated rings. The molecule has 1 saturated heterocycles. The summed E-state index contributed by atoms with van der Waals surface area (Å²) in [6, 6.07) is 14.9. The average Bonchev–Trinajstić information content (AvgIpc) is 3.48. The maximum atomic E-state index is 5.15. The minimum atomic E-state index is 0.360. The summed E-state index contributed by atoms with van der Waals surface area (Å²) in [5, 5.41) is 7.03. The normalized spacial score (nSPS) is 17.0. The number of aromatic nitrogens is 5. The third-order valence-corrected chi connectivity index (χ3v) is 7.83. The van der Waals surface area contributed by atoms with E-state index in [2.05, 4.69) is 68.8 Å². The highest BCUT2D eigenvalue weighted by Gasteiger charge is 2.41. The summed E-state index contributed by atoms with van der Waals surface area (Å²) in [6.07, 6.45) is 12.2. The van der Waals surface area contributed by atoms with E-state index in [1.54, 1.807) is 0 Å². The van der Waals surface area contributed by atoms with Gasteiger partial charge < -0.3 is 4.90 Å². The standard InChI is InChI=1S/C28H26N6/c1-19-26(21-4-5-23-18-29-11-6-20(23)15-21)34-25(7-12-31-34)27(32-19)33-13-8-28(9-14-33)16-22-3-2-10-30-24(22)17-28/h2-7,10-12,15,18H,8-9,13-14,16-17H2,1H3. The minimum absolute atomic E-state index is 0.360. The SMILES string of the molecule is Cc1nc(N2CCC3(CC2)Cc2cccnc2C3)c2ccnn2c1-c1ccc2cnccc2c1. The number of pyridine rings is 2. The van der Waals surface area contributed by atoms with Crippen LogP contribution in [0.15, 0.2) is 67.3 Å². The third kappa shape index (κ3) is 3.01. The number of nitrogens with zero attached hydrogens (tertiary/aromatic N) is 6. The Balaban J connectivity index is 1.22. The highest BCUT2D eigenvalue weighted by atomic mass is 15.3. The van der Waals surface area contributed by atoms with E-state index in [9.17, 15) is 0 Å². The minimum Gasteiger partial charge on any atom is -0.355 e. The lowest BCUT2D eigenvalue weighted by Crippen LogP contribution is -2.41. The van der Waals surface area contributed by atoms with Crippen LogP contribution in [0.3, 0.4) is 0 Å². The number of hydrogen-bond acceptors (Lipinski definition) is 5. The molecule has 2 aliphatic rings. The van der Waals surface area contributed by atoms with Gasteiger partial charge in [-0.1, -0.05) is 18.2 Å². The van der Waals surface area contributed by atoms with Crippen LogP contribution in [0.2, 0.25) is 0 Å². The van der Waals surface area contributed by atoms with Crippen molar-refractivity contribution in [3.05, 3.63) is 84.2 Å². The zero-order valence-corrected chi connectivity index (χ0v) is 19.3. The molecule has 6 heteroatoms. The maximum Gasteiger partial charge on any atom is 0.155 e. The zero-order chi connectivity index (χ0) is 22.7. The Hall–Kier alpha value is -3.80. The van der Waals surface area contributed by atoms with Crippen LogP contribution in [-0.2, 0) is 12.8 Å². The smallest absolute Gasteiger partial charge is 0.155 e. The quantitative estimate of drug-likeness (QED) is 0.381. The van der Waals surface area contributed by atoms with Gasteiger partial charge in [-0.2, -0.15) is 5.10 Å². The van der Waals surface area contributed by atoms with Crippen LogP contribution in [0, 0.1) is 12.3 Å². The van der Waals surface area contributed by atoms with Crippen molar-refractivity contribution >= 4 is 22.1 Å². The van der Waals surface area contributed by atoms with E-state index < -0.39 is 0 Å². The fourth-order valence-electron chi connectivity index (χ4n) is 6.03. The van der Waals surface area contributed by atoms with E-state index in [0.29, 0.717) is 5.41 Å². The molecule has 0 unspecified atom stereocenters. The van der Waals surface area contributed by atoms with Gasteiger partial charge in [-0.15, -0.1) is 0 Å². The van der Waals surface area contributed by atoms with E-state index in [1.165, 1.54) is 29.5 Å². The maximum absolute atomic E-state index is 5.15. The first-order valence-corrected chi connectivity index (χ1v) is 12.1. The number of anilines is 1. The number of rotatable bonds is 2. The molecule has 7 rings (SSSR count). The van der Waals surface area contributed by atoms with Crippen LogP contribution >= 0.6 is 0 Å². The molecule has 0 saturated carbocycles. The number of hydrogen-bond donors (Lipinski definition) is 0. The Labute approximate surface area is 198 Å². The van der Waals surface area contributed by atoms with Crippen molar-refractivity contribution in [1.82, 2.24) is 24.6 Å². The Morgan fingerprint density at radius 1 is 0.912 bits per heavy atom. The number of benzene rings is 1. The first-order chi connectivity index (χ1) is 16.7. The molecule has 5 aromatic rings. The summed E-state index contributed by atoms with van der Waals surface area (Å²) in [5.41, 5.74) is 7.35. The predicted molar refractivity (Wildman–Crippen MR) is 134 cm³/mol. The molecule has 1 aromatic carbocycles. The first-order valence-electron chi connectivity index (χ1n) is 12.1. The molecule has 1 aliphatic heterocycles. The Morgan fingerprint density at radius 3 is 2.71 bits per heavy atom. The molecule has 168 valence electrons. The van der Waals surface area contributed by atoms with Gasteiger partial charge in [0.15, 0.2) is 5.82 Å². The summed E-state index contributed by atoms with van der Waals surface area (Å²) < 4.78 is 2.07. The van der Waals surface area contributed by atoms with Gasteiger partial charge in [0.05, 0.1) is 17.6 Å². The molecule has 0 bridgehead atoms. The largest absolute Gasteiger partial charge is 0.355 e. The molecule has 0 N–H and O–H groups in total. The zero-order valence-electron chi connectivity index (χ0n) is 19.3. The fourth-order valence-corrected chi connectivity index (χ4v) is 6.03. The van der Waals surface area contributed by atoms with Gasteiger partial charge in [-0.3, -0.25) is 9.97 Å². The van der Waals surface area contributed by atoms with Crippen molar-refractivity contribution in [1.29, 1.82) is 0 Å². The highest BCUT2D eigenvalue weighted by Crippen LogP contribution is 2.45. The van der Waals surface area contributed by atoms with E-state index in [1.807, 2.05) is 24.8 Å². The van der Waals surface area contributed by atoms with Crippen LogP contribution in [0.1, 0.15) is 29.8 Å². The monoisotopic (exact) mass is 446 g/mol. The third-order valence-electron chi connectivity index (χ3n) is 7.83. The van der Waals surface area contributed by atoms with Crippen molar-refractivity contribution in [3.63, 3.8) is 0 Å². The Bertz CT molecular complexity index is 1520. The van der Waals surface area contributed by atoms with Crippen LogP contribution in [0.25, 0.3) is 27.5 Å². The second-order valence-electron chi connectivity index (χ2n) is 9.89. The predicted octanol–water partition coefficient (Wildman–Crippen LogP) is 5.03. The van der Waals surface area contributed by atoms with E-state index in [4.69, 9.17) is 10.1 Å². The second-order valence-corrected chi connectivity index (χ2v) is 9.89. The van der Waals surface area contributed by atoms with Crippen molar-refractivity contribution < 1.29 is 0 Å². The van der Waals surface area contributed by atoms with Gasteiger partial charge in [0.1, 0.15) is 5.52 Å². The Morgan fingerprint density at radius 2 is 1.82 bits per heavy atom. The van der Waals surface area contributed by atoms with Gasteiger partial charge in [0, 0.05) is 48.3 Å². The van der Waals surface area contributed by atoms with Crippen LogP contribution in [-0.4, -0.2) is 37.7 Å². The molecule has 5 heterocycles. The first kappa shape index (κ1) is 19.6. The fraction of sp³-hybridized carbons (Fsp3) is 0.286. The molecule has 6 nitrogen and oxygen atoms in total. The van der Waals surface area contributed by atoms with Crippen molar-refractivity contribution in [2.75, 3.05) is 18.0 Å². The second kappa shape index (κ2) is 7.35. The summed E-state index contributed by atoms with van der Waals surface area (Å²) in [4.78, 5) is 16.5. The molecule has 4 aromatic heterocycles. The Kier molecular flexibility index (Phi) is 4.25. The summed E-state index contributed by atoms with van der Waals surface area (Å²) >= 11 is 0. The molecular formula is C28H26N6. The van der Waals surface area contributed by atoms with E-state index in [0.717, 1.165) is 59.6 Å². The van der Waals surface area contributed by atoms with Crippen LogP contribution in [0.5, 0.6) is 0 Å². The van der Waals surface area contributed by atoms with Crippen molar-refractivity contribution in [2.24, 2.45) is 5.41 Å². The van der Waals surface area contributed by atoms with Gasteiger partial charge in [-0.25, -0.2) is 9.50 Å². The van der Waals surface area contributed by atoms with Gasteiger partial charge in [0.2, 0.25) is 0 Å². The van der Waals surface area contributed by atoms with Gasteiger partial charge in [0.25, 0.3) is 0 Å². The summed E-state index contributed by atoms with van der Waals surface area (Å²) in [5.74, 6) is 1.05. The molecular weight excluding hydrogens is 420 g/mol. The number of piperidine rings is 1. The van der Waals surface area contributed by atoms with Gasteiger partial charge >= 0.3 is 0 Å². The number of fused-ring (bicyclic) bond motifs is 3. The molecule has 0 amide bonds. The van der Waals surface area contributed by atoms with Crippen molar-refractivity contribution in [2.45, 2.75) is 32.6 Å². The molecule has 1 spiro atoms. The molecule has 34 heavy (non-hydrogen) atoms. The average molecular weight is 447 g/mol. The molecule has 1 aliphatic carbocycles. The highest BCUT2D eigenvalue weighted by molar-refractivity contribution is 5.87. The lowest BCUT2D eigenvalue weighted by molar-refractivity contribution is 0.231. The summed E-state index contributed by atoms with van der Waals surface area (Å²) in [7, 11) is 0. The van der Waals surface area contributed by atoms with Crippen molar-refractivity contribution in [3.8, 4) is 11.3 Å². The lowest BCUT2D eigenvalue weighted by atomic mass is 9.76. The van der Waals surface area contributed by atoms with Crippen LogP contribution in [0.4, 0.5) is 5.82 Å². The number of aryl methyl sites for hydroxylation is 1. The molecule has 0 radical (unpaired) electrons. The summed E-state index contributed by atoms with van der Waals surface area (Å²) in [6.45, 7) is 4.13. The van der Waals surface area contributed by atoms with E-state index >= 15 is 0 Å². The lowest BCUT2D eigenvalue weighted by Gasteiger charge is -2.40. The topological polar surface area (TPSA) is 59.2 Å². The molecule has 0 atom stereocenters. The van der Waals surface area contributed by atoms with Gasteiger partial charge in [-0.05, 0) is 73.2 Å². The van der Waals surface area contributed by atoms with E-state index in [-0.39, 0.29) is 0 Å².